The third-order valence-corrected chi connectivity index (χ3v) is 5.41. The van der Waals surface area contributed by atoms with Crippen LogP contribution < -0.4 is 10.9 Å². The summed E-state index contributed by atoms with van der Waals surface area (Å²) in [5.74, 6) is -1.04. The third kappa shape index (κ3) is 3.88. The van der Waals surface area contributed by atoms with Gasteiger partial charge in [-0.3, -0.25) is 9.48 Å². The van der Waals surface area contributed by atoms with Crippen LogP contribution in [0.4, 0.5) is 5.69 Å². The van der Waals surface area contributed by atoms with E-state index in [4.69, 9.17) is 23.2 Å². The Morgan fingerprint density at radius 1 is 1.28 bits per heavy atom. The lowest BCUT2D eigenvalue weighted by Crippen LogP contribution is -2.20. The van der Waals surface area contributed by atoms with Crippen molar-refractivity contribution in [2.24, 2.45) is 7.05 Å². The van der Waals surface area contributed by atoms with Gasteiger partial charge in [0.1, 0.15) is 5.02 Å². The number of aromatic nitrogens is 3. The van der Waals surface area contributed by atoms with Crippen molar-refractivity contribution >= 4 is 34.9 Å². The number of aromatic carboxylic acids is 1. The van der Waals surface area contributed by atoms with E-state index in [9.17, 15) is 14.7 Å². The lowest BCUT2D eigenvalue weighted by Gasteiger charge is -2.21. The molecule has 150 valence electrons. The molecule has 1 aliphatic carbocycles. The molecular formula is C20H18Cl2N4O3. The van der Waals surface area contributed by atoms with Gasteiger partial charge in [-0.2, -0.15) is 5.10 Å². The molecule has 2 N–H and O–H groups in total. The Balaban J connectivity index is 1.83. The molecule has 2 aromatic heterocycles. The molecule has 9 heteroatoms. The van der Waals surface area contributed by atoms with E-state index >= 15 is 0 Å². The van der Waals surface area contributed by atoms with E-state index in [2.05, 4.69) is 10.4 Å². The quantitative estimate of drug-likeness (QED) is 0.611. The Morgan fingerprint density at radius 2 is 1.97 bits per heavy atom. The van der Waals surface area contributed by atoms with Crippen molar-refractivity contribution in [1.82, 2.24) is 14.3 Å². The van der Waals surface area contributed by atoms with Gasteiger partial charge in [-0.05, 0) is 36.6 Å². The number of hydrogen-bond donors (Lipinski definition) is 2. The Bertz CT molecular complexity index is 1110. The molecule has 3 aromatic rings. The van der Waals surface area contributed by atoms with Crippen LogP contribution >= 0.6 is 23.2 Å². The zero-order valence-electron chi connectivity index (χ0n) is 15.5. The number of rotatable bonds is 6. The molecule has 1 aromatic carbocycles. The van der Waals surface area contributed by atoms with Gasteiger partial charge in [0, 0.05) is 23.8 Å². The lowest BCUT2D eigenvalue weighted by atomic mass is 9.98. The van der Waals surface area contributed by atoms with Gasteiger partial charge in [-0.15, -0.1) is 0 Å². The highest BCUT2D eigenvalue weighted by Crippen LogP contribution is 2.38. The number of nitrogens with one attached hydrogen (secondary N) is 1. The smallest absolute Gasteiger partial charge is 0.354 e. The molecule has 0 aliphatic heterocycles. The van der Waals surface area contributed by atoms with Gasteiger partial charge in [0.15, 0.2) is 5.69 Å². The number of carboxylic acid groups (broad SMARTS) is 1. The minimum atomic E-state index is -1.04. The molecule has 1 saturated carbocycles. The number of carboxylic acids is 1. The van der Waals surface area contributed by atoms with Gasteiger partial charge >= 0.3 is 5.97 Å². The lowest BCUT2D eigenvalue weighted by molar-refractivity contribution is 0.0681. The summed E-state index contributed by atoms with van der Waals surface area (Å²) < 4.78 is 2.95. The van der Waals surface area contributed by atoms with Crippen molar-refractivity contribution in [3.8, 4) is 0 Å². The average molecular weight is 433 g/mol. The molecule has 0 amide bonds. The van der Waals surface area contributed by atoms with Crippen LogP contribution in [0.3, 0.4) is 0 Å². The van der Waals surface area contributed by atoms with Crippen molar-refractivity contribution in [3.63, 3.8) is 0 Å². The first-order valence-corrected chi connectivity index (χ1v) is 9.79. The van der Waals surface area contributed by atoms with Crippen molar-refractivity contribution in [2.45, 2.75) is 24.9 Å². The largest absolute Gasteiger partial charge is 0.477 e. The summed E-state index contributed by atoms with van der Waals surface area (Å²) in [5.41, 5.74) is 1.74. The van der Waals surface area contributed by atoms with E-state index < -0.39 is 12.0 Å². The SMILES string of the molecule is Cn1cc(NC(c2ccc(Cl)cc2)c2cnn(C3CC3)c2C(=O)O)cc(Cl)c1=O. The summed E-state index contributed by atoms with van der Waals surface area (Å²) in [6, 6.07) is 8.24. The molecule has 0 spiro atoms. The molecule has 7 nitrogen and oxygen atoms in total. The zero-order valence-corrected chi connectivity index (χ0v) is 17.0. The highest BCUT2D eigenvalue weighted by Gasteiger charge is 2.33. The minimum absolute atomic E-state index is 0.0690. The van der Waals surface area contributed by atoms with Crippen LogP contribution in [-0.2, 0) is 7.05 Å². The first kappa shape index (κ1) is 19.5. The second-order valence-corrected chi connectivity index (χ2v) is 7.89. The van der Waals surface area contributed by atoms with E-state index in [1.165, 1.54) is 10.6 Å². The van der Waals surface area contributed by atoms with Crippen molar-refractivity contribution in [3.05, 3.63) is 79.9 Å². The molecule has 1 atom stereocenters. The maximum atomic E-state index is 12.1. The number of halogens is 2. The predicted molar refractivity (Wildman–Crippen MR) is 111 cm³/mol. The van der Waals surface area contributed by atoms with Crippen LogP contribution in [0.2, 0.25) is 10.0 Å². The second kappa shape index (κ2) is 7.57. The van der Waals surface area contributed by atoms with E-state index in [0.29, 0.717) is 16.3 Å². The summed E-state index contributed by atoms with van der Waals surface area (Å²) in [7, 11) is 1.60. The Hall–Kier alpha value is -2.77. The normalized spacial score (nSPS) is 14.6. The molecule has 1 aliphatic rings. The van der Waals surface area contributed by atoms with Gasteiger partial charge in [0.25, 0.3) is 5.56 Å². The van der Waals surface area contributed by atoms with Crippen LogP contribution in [0.5, 0.6) is 0 Å². The Kier molecular flexibility index (Phi) is 5.10. The fourth-order valence-electron chi connectivity index (χ4n) is 3.32. The molecule has 0 bridgehead atoms. The number of pyridine rings is 1. The topological polar surface area (TPSA) is 89.2 Å². The Labute approximate surface area is 176 Å². The van der Waals surface area contributed by atoms with Gasteiger partial charge in [0.2, 0.25) is 0 Å². The van der Waals surface area contributed by atoms with E-state index in [1.807, 2.05) is 12.1 Å². The minimum Gasteiger partial charge on any atom is -0.477 e. The number of aryl methyl sites for hydroxylation is 1. The van der Waals surface area contributed by atoms with Crippen LogP contribution in [0.1, 0.15) is 46.5 Å². The molecule has 0 radical (unpaired) electrons. The van der Waals surface area contributed by atoms with E-state index in [1.54, 1.807) is 36.3 Å². The monoisotopic (exact) mass is 432 g/mol. The molecule has 1 fully saturated rings. The summed E-state index contributed by atoms with van der Waals surface area (Å²) >= 11 is 12.1. The number of carbonyl (C=O) groups is 1. The number of hydrogen-bond acceptors (Lipinski definition) is 4. The summed E-state index contributed by atoms with van der Waals surface area (Å²) in [5, 5.41) is 18.2. The summed E-state index contributed by atoms with van der Waals surface area (Å²) in [6.45, 7) is 0. The third-order valence-electron chi connectivity index (χ3n) is 4.88. The van der Waals surface area contributed by atoms with Crippen molar-refractivity contribution in [1.29, 1.82) is 0 Å². The Morgan fingerprint density at radius 3 is 2.55 bits per heavy atom. The zero-order chi connectivity index (χ0) is 20.7. The maximum absolute atomic E-state index is 12.1. The predicted octanol–water partition coefficient (Wildman–Crippen LogP) is 4.12. The molecule has 29 heavy (non-hydrogen) atoms. The number of benzene rings is 1. The highest BCUT2D eigenvalue weighted by atomic mass is 35.5. The van der Waals surface area contributed by atoms with Crippen LogP contribution in [0.25, 0.3) is 0 Å². The number of nitrogens with zero attached hydrogens (tertiary/aromatic N) is 3. The molecule has 0 saturated heterocycles. The van der Waals surface area contributed by atoms with Crippen LogP contribution in [0.15, 0.2) is 47.5 Å². The van der Waals surface area contributed by atoms with Gasteiger partial charge in [-0.1, -0.05) is 35.3 Å². The standard InChI is InChI=1S/C20H18Cl2N4O3/c1-25-10-13(8-16(22)19(25)27)24-17(11-2-4-12(21)5-3-11)15-9-23-26(14-6-7-14)18(15)20(28)29/h2-5,8-10,14,17,24H,6-7H2,1H3,(H,28,29). The summed E-state index contributed by atoms with van der Waals surface area (Å²) in [4.78, 5) is 24.0. The average Bonchev–Trinajstić information content (AvgIpc) is 3.43. The second-order valence-electron chi connectivity index (χ2n) is 7.05. The summed E-state index contributed by atoms with van der Waals surface area (Å²) in [6.07, 6.45) is 5.02. The van der Waals surface area contributed by atoms with Gasteiger partial charge < -0.3 is 15.0 Å². The molecule has 1 unspecified atom stereocenters. The van der Waals surface area contributed by atoms with E-state index in [-0.39, 0.29) is 22.3 Å². The molecular weight excluding hydrogens is 415 g/mol. The van der Waals surface area contributed by atoms with Gasteiger partial charge in [0.05, 0.1) is 24.0 Å². The molecule has 2 heterocycles. The molecule has 4 rings (SSSR count). The fourth-order valence-corrected chi connectivity index (χ4v) is 3.69. The van der Waals surface area contributed by atoms with Gasteiger partial charge in [-0.25, -0.2) is 4.79 Å². The van der Waals surface area contributed by atoms with Crippen molar-refractivity contribution < 1.29 is 9.90 Å². The maximum Gasteiger partial charge on any atom is 0.354 e. The van der Waals surface area contributed by atoms with E-state index in [0.717, 1.165) is 18.4 Å². The van der Waals surface area contributed by atoms with Crippen molar-refractivity contribution in [2.75, 3.05) is 5.32 Å². The highest BCUT2D eigenvalue weighted by molar-refractivity contribution is 6.30. The first-order chi connectivity index (χ1) is 13.8. The first-order valence-electron chi connectivity index (χ1n) is 9.04. The van der Waals surface area contributed by atoms with Crippen LogP contribution in [0, 0.1) is 0 Å². The van der Waals surface area contributed by atoms with Crippen LogP contribution in [-0.4, -0.2) is 25.4 Å². The number of anilines is 1. The fraction of sp³-hybridized carbons (Fsp3) is 0.250.